The fourth-order valence-electron chi connectivity index (χ4n) is 0.142. The van der Waals surface area contributed by atoms with Crippen LogP contribution in [0.3, 0.4) is 0 Å². The van der Waals surface area contributed by atoms with Crippen molar-refractivity contribution >= 4 is 30.4 Å². The van der Waals surface area contributed by atoms with Gasteiger partial charge in [-0.2, -0.15) is 0 Å². The number of carbonyl (C=O) groups excluding carboxylic acids is 1. The van der Waals surface area contributed by atoms with Gasteiger partial charge in [0, 0.05) is 13.1 Å². The molecule has 0 heterocycles. The molecule has 0 aromatic rings. The topological polar surface area (TPSA) is 55.1 Å². The summed E-state index contributed by atoms with van der Waals surface area (Å²) in [6.07, 6.45) is 0.632. The van der Waals surface area contributed by atoms with Gasteiger partial charge >= 0.3 is 0 Å². The predicted molar refractivity (Wildman–Crippen MR) is 38.5 cm³/mol. The summed E-state index contributed by atoms with van der Waals surface area (Å²) in [6.45, 7) is 1.09. The lowest BCUT2D eigenvalue weighted by Gasteiger charge is -1.86. The zero-order chi connectivity index (χ0) is 4.83. The average molecular weight is 216 g/mol. The summed E-state index contributed by atoms with van der Waals surface area (Å²) in [5, 5.41) is 2.39. The molecule has 4 heteroatoms. The van der Waals surface area contributed by atoms with Crippen LogP contribution in [0.25, 0.3) is 0 Å². The van der Waals surface area contributed by atoms with E-state index in [2.05, 4.69) is 5.32 Å². The molecule has 3 nitrogen and oxygen atoms in total. The SMILES string of the molecule is I.NCCNC=O. The van der Waals surface area contributed by atoms with Gasteiger partial charge in [-0.05, 0) is 0 Å². The number of rotatable bonds is 3. The maximum absolute atomic E-state index is 9.40. The average Bonchev–Trinajstić information content (AvgIpc) is 1.61. The highest BCUT2D eigenvalue weighted by molar-refractivity contribution is 14.0. The van der Waals surface area contributed by atoms with E-state index in [0.29, 0.717) is 19.5 Å². The van der Waals surface area contributed by atoms with E-state index in [-0.39, 0.29) is 24.0 Å². The third-order valence-corrected chi connectivity index (χ3v) is 0.372. The number of nitrogens with one attached hydrogen (secondary N) is 1. The molecule has 0 saturated carbocycles. The van der Waals surface area contributed by atoms with Crippen LogP contribution in [0.15, 0.2) is 0 Å². The van der Waals surface area contributed by atoms with Gasteiger partial charge in [0.2, 0.25) is 6.41 Å². The molecule has 44 valence electrons. The number of carbonyl (C=O) groups is 1. The van der Waals surface area contributed by atoms with Gasteiger partial charge in [-0.15, -0.1) is 24.0 Å². The van der Waals surface area contributed by atoms with Crippen molar-refractivity contribution in [3.63, 3.8) is 0 Å². The summed E-state index contributed by atoms with van der Waals surface area (Å²) in [7, 11) is 0. The van der Waals surface area contributed by atoms with Gasteiger partial charge in [-0.1, -0.05) is 0 Å². The lowest BCUT2D eigenvalue weighted by molar-refractivity contribution is -0.109. The molecular formula is C3H9IN2O. The van der Waals surface area contributed by atoms with Gasteiger partial charge < -0.3 is 11.1 Å². The monoisotopic (exact) mass is 216 g/mol. The summed E-state index contributed by atoms with van der Waals surface area (Å²) >= 11 is 0. The summed E-state index contributed by atoms with van der Waals surface area (Å²) in [6, 6.07) is 0. The Balaban J connectivity index is 0. The van der Waals surface area contributed by atoms with E-state index in [1.807, 2.05) is 0 Å². The molecule has 0 saturated heterocycles. The molecule has 0 fully saturated rings. The van der Waals surface area contributed by atoms with E-state index in [4.69, 9.17) is 5.73 Å². The highest BCUT2D eigenvalue weighted by atomic mass is 127. The molecule has 1 amide bonds. The van der Waals surface area contributed by atoms with Gasteiger partial charge in [-0.3, -0.25) is 4.79 Å². The second kappa shape index (κ2) is 9.48. The van der Waals surface area contributed by atoms with Crippen LogP contribution in [-0.4, -0.2) is 19.5 Å². The Labute approximate surface area is 59.7 Å². The van der Waals surface area contributed by atoms with Gasteiger partial charge in [0.1, 0.15) is 0 Å². The zero-order valence-electron chi connectivity index (χ0n) is 3.89. The summed E-state index contributed by atoms with van der Waals surface area (Å²) in [4.78, 5) is 9.40. The Morgan fingerprint density at radius 2 is 2.29 bits per heavy atom. The molecule has 0 rings (SSSR count). The first-order chi connectivity index (χ1) is 2.91. The molecule has 0 spiro atoms. The fourth-order valence-corrected chi connectivity index (χ4v) is 0.142. The third-order valence-electron chi connectivity index (χ3n) is 0.372. The lowest BCUT2D eigenvalue weighted by atomic mass is 10.7. The van der Waals surface area contributed by atoms with E-state index in [0.717, 1.165) is 0 Å². The fraction of sp³-hybridized carbons (Fsp3) is 0.667. The highest BCUT2D eigenvalue weighted by Gasteiger charge is 1.69. The molecule has 0 atom stereocenters. The van der Waals surface area contributed by atoms with Crippen LogP contribution < -0.4 is 11.1 Å². The minimum Gasteiger partial charge on any atom is -0.357 e. The number of halogens is 1. The molecule has 0 aliphatic carbocycles. The predicted octanol–water partition coefficient (Wildman–Crippen LogP) is -0.691. The molecule has 0 aliphatic heterocycles. The quantitative estimate of drug-likeness (QED) is 0.372. The molecule has 0 unspecified atom stereocenters. The number of nitrogens with two attached hydrogens (primary N) is 1. The van der Waals surface area contributed by atoms with Crippen molar-refractivity contribution in [3.8, 4) is 0 Å². The second-order valence-electron chi connectivity index (χ2n) is 0.861. The van der Waals surface area contributed by atoms with Gasteiger partial charge in [0.25, 0.3) is 0 Å². The van der Waals surface area contributed by atoms with Crippen molar-refractivity contribution in [2.24, 2.45) is 5.73 Å². The molecule has 3 N–H and O–H groups in total. The van der Waals surface area contributed by atoms with Crippen molar-refractivity contribution in [2.45, 2.75) is 0 Å². The zero-order valence-corrected chi connectivity index (χ0v) is 6.22. The first-order valence-corrected chi connectivity index (χ1v) is 1.79. The highest BCUT2D eigenvalue weighted by Crippen LogP contribution is 1.39. The van der Waals surface area contributed by atoms with Crippen molar-refractivity contribution in [2.75, 3.05) is 13.1 Å². The van der Waals surface area contributed by atoms with Crippen LogP contribution in [0.2, 0.25) is 0 Å². The van der Waals surface area contributed by atoms with Crippen molar-refractivity contribution in [3.05, 3.63) is 0 Å². The lowest BCUT2D eigenvalue weighted by Crippen LogP contribution is -2.20. The van der Waals surface area contributed by atoms with E-state index in [1.54, 1.807) is 0 Å². The molecule has 7 heavy (non-hydrogen) atoms. The smallest absolute Gasteiger partial charge is 0.207 e. The minimum atomic E-state index is 0. The number of hydrogen-bond donors (Lipinski definition) is 2. The molecular weight excluding hydrogens is 207 g/mol. The first kappa shape index (κ1) is 10.2. The van der Waals surface area contributed by atoms with Crippen LogP contribution >= 0.6 is 24.0 Å². The summed E-state index contributed by atoms with van der Waals surface area (Å²) in [5.74, 6) is 0. The molecule has 0 radical (unpaired) electrons. The molecule has 0 aromatic heterocycles. The summed E-state index contributed by atoms with van der Waals surface area (Å²) < 4.78 is 0. The van der Waals surface area contributed by atoms with Crippen LogP contribution in [0.4, 0.5) is 0 Å². The third kappa shape index (κ3) is 10.7. The Morgan fingerprint density at radius 1 is 1.71 bits per heavy atom. The first-order valence-electron chi connectivity index (χ1n) is 1.79. The Hall–Kier alpha value is 0.160. The molecule has 0 aromatic carbocycles. The number of amides is 1. The van der Waals surface area contributed by atoms with E-state index >= 15 is 0 Å². The molecule has 0 aliphatic rings. The van der Waals surface area contributed by atoms with E-state index in [9.17, 15) is 4.79 Å². The maximum atomic E-state index is 9.40. The van der Waals surface area contributed by atoms with Crippen LogP contribution in [0.5, 0.6) is 0 Å². The normalized spacial score (nSPS) is 6.43. The van der Waals surface area contributed by atoms with Gasteiger partial charge in [-0.25, -0.2) is 0 Å². The largest absolute Gasteiger partial charge is 0.357 e. The Kier molecular flexibility index (Phi) is 13.8. The van der Waals surface area contributed by atoms with Crippen molar-refractivity contribution in [1.29, 1.82) is 0 Å². The van der Waals surface area contributed by atoms with Crippen molar-refractivity contribution in [1.82, 2.24) is 5.32 Å². The Bertz CT molecular complexity index is 41.9. The van der Waals surface area contributed by atoms with Gasteiger partial charge in [0.05, 0.1) is 0 Å². The van der Waals surface area contributed by atoms with Crippen LogP contribution in [0.1, 0.15) is 0 Å². The molecule has 0 bridgehead atoms. The van der Waals surface area contributed by atoms with Gasteiger partial charge in [0.15, 0.2) is 0 Å². The maximum Gasteiger partial charge on any atom is 0.207 e. The van der Waals surface area contributed by atoms with Crippen LogP contribution in [-0.2, 0) is 4.79 Å². The van der Waals surface area contributed by atoms with E-state index in [1.165, 1.54) is 0 Å². The number of hydrogen-bond acceptors (Lipinski definition) is 2. The van der Waals surface area contributed by atoms with Crippen molar-refractivity contribution < 1.29 is 4.79 Å². The van der Waals surface area contributed by atoms with E-state index < -0.39 is 0 Å². The second-order valence-corrected chi connectivity index (χ2v) is 0.861. The summed E-state index contributed by atoms with van der Waals surface area (Å²) in [5.41, 5.74) is 4.99. The standard InChI is InChI=1S/C3H8N2O.HI/c4-1-2-5-3-6;/h3H,1-2,4H2,(H,5,6);1H. The minimum absolute atomic E-state index is 0. The van der Waals surface area contributed by atoms with Crippen LogP contribution in [0, 0.1) is 0 Å². The Morgan fingerprint density at radius 3 is 2.43 bits per heavy atom.